The molecule has 1 N–H and O–H groups in total. The van der Waals surface area contributed by atoms with Gasteiger partial charge in [-0.2, -0.15) is 0 Å². The lowest BCUT2D eigenvalue weighted by molar-refractivity contribution is 0.0955. The van der Waals surface area contributed by atoms with Gasteiger partial charge in [-0.1, -0.05) is 20.3 Å². The van der Waals surface area contributed by atoms with Gasteiger partial charge in [0.2, 0.25) is 0 Å². The lowest BCUT2D eigenvalue weighted by atomic mass is 10.1. The highest BCUT2D eigenvalue weighted by Gasteiger charge is 2.17. The first-order chi connectivity index (χ1) is 10.1. The summed E-state index contributed by atoms with van der Waals surface area (Å²) in [6.07, 6.45) is 4.93. The molecule has 5 heteroatoms. The SMILES string of the molecule is Cc1nc(CN2CCCCC2)sc1C(=O)NCCC(C)C. The summed E-state index contributed by atoms with van der Waals surface area (Å²) in [5.41, 5.74) is 0.869. The summed E-state index contributed by atoms with van der Waals surface area (Å²) in [5.74, 6) is 0.651. The molecule has 0 aliphatic carbocycles. The Hall–Kier alpha value is -0.940. The smallest absolute Gasteiger partial charge is 0.263 e. The average Bonchev–Trinajstić information content (AvgIpc) is 2.80. The fourth-order valence-electron chi connectivity index (χ4n) is 2.59. The van der Waals surface area contributed by atoms with Crippen LogP contribution in [0.5, 0.6) is 0 Å². The van der Waals surface area contributed by atoms with Gasteiger partial charge in [-0.25, -0.2) is 4.98 Å². The van der Waals surface area contributed by atoms with Crippen LogP contribution in [0.25, 0.3) is 0 Å². The Kier molecular flexibility index (Phi) is 6.18. The first-order valence-corrected chi connectivity index (χ1v) is 8.84. The van der Waals surface area contributed by atoms with E-state index in [0.717, 1.165) is 48.2 Å². The first-order valence-electron chi connectivity index (χ1n) is 8.03. The van der Waals surface area contributed by atoms with E-state index < -0.39 is 0 Å². The number of likely N-dealkylation sites (tertiary alicyclic amines) is 1. The van der Waals surface area contributed by atoms with E-state index in [1.54, 1.807) is 11.3 Å². The van der Waals surface area contributed by atoms with Crippen LogP contribution in [0.15, 0.2) is 0 Å². The molecule has 2 heterocycles. The van der Waals surface area contributed by atoms with Gasteiger partial charge in [-0.05, 0) is 45.2 Å². The number of nitrogens with one attached hydrogen (secondary N) is 1. The Morgan fingerprint density at radius 2 is 2.05 bits per heavy atom. The van der Waals surface area contributed by atoms with E-state index in [1.165, 1.54) is 19.3 Å². The maximum absolute atomic E-state index is 12.2. The highest BCUT2D eigenvalue weighted by molar-refractivity contribution is 7.13. The Morgan fingerprint density at radius 1 is 1.33 bits per heavy atom. The molecule has 0 spiro atoms. The molecular formula is C16H27N3OS. The molecule has 118 valence electrons. The molecule has 1 aromatic rings. The number of thiazole rings is 1. The Bertz CT molecular complexity index is 464. The Morgan fingerprint density at radius 3 is 2.71 bits per heavy atom. The minimum Gasteiger partial charge on any atom is -0.351 e. The third-order valence-electron chi connectivity index (χ3n) is 3.86. The molecule has 0 radical (unpaired) electrons. The number of hydrogen-bond donors (Lipinski definition) is 1. The normalized spacial score (nSPS) is 16.4. The number of rotatable bonds is 6. The largest absolute Gasteiger partial charge is 0.351 e. The highest BCUT2D eigenvalue weighted by Crippen LogP contribution is 2.21. The third kappa shape index (κ3) is 5.08. The van der Waals surface area contributed by atoms with Crippen LogP contribution in [0.4, 0.5) is 0 Å². The van der Waals surface area contributed by atoms with E-state index in [-0.39, 0.29) is 5.91 Å². The van der Waals surface area contributed by atoms with E-state index in [1.807, 2.05) is 6.92 Å². The van der Waals surface area contributed by atoms with Crippen LogP contribution in [0.2, 0.25) is 0 Å². The monoisotopic (exact) mass is 309 g/mol. The molecular weight excluding hydrogens is 282 g/mol. The standard InChI is InChI=1S/C16H27N3OS/c1-12(2)7-8-17-16(20)15-13(3)18-14(21-15)11-19-9-5-4-6-10-19/h12H,4-11H2,1-3H3,(H,17,20). The molecule has 21 heavy (non-hydrogen) atoms. The number of amides is 1. The molecule has 0 saturated carbocycles. The van der Waals surface area contributed by atoms with Gasteiger partial charge in [0.1, 0.15) is 9.88 Å². The maximum atomic E-state index is 12.2. The van der Waals surface area contributed by atoms with Crippen LogP contribution in [0.3, 0.4) is 0 Å². The topological polar surface area (TPSA) is 45.2 Å². The molecule has 1 fully saturated rings. The molecule has 0 aromatic carbocycles. The van der Waals surface area contributed by atoms with Crippen LogP contribution in [-0.4, -0.2) is 35.4 Å². The van der Waals surface area contributed by atoms with Gasteiger partial charge < -0.3 is 5.32 Å². The van der Waals surface area contributed by atoms with Gasteiger partial charge in [0.05, 0.1) is 12.2 Å². The molecule has 1 saturated heterocycles. The van der Waals surface area contributed by atoms with Crippen LogP contribution in [-0.2, 0) is 6.54 Å². The van der Waals surface area contributed by atoms with Crippen molar-refractivity contribution in [2.45, 2.75) is 53.0 Å². The van der Waals surface area contributed by atoms with E-state index in [0.29, 0.717) is 5.92 Å². The molecule has 2 rings (SSSR count). The zero-order valence-electron chi connectivity index (χ0n) is 13.4. The van der Waals surface area contributed by atoms with Gasteiger partial charge in [0.15, 0.2) is 0 Å². The lowest BCUT2D eigenvalue weighted by Crippen LogP contribution is -2.29. The predicted molar refractivity (Wildman–Crippen MR) is 87.8 cm³/mol. The molecule has 0 unspecified atom stereocenters. The summed E-state index contributed by atoms with van der Waals surface area (Å²) in [6.45, 7) is 10.2. The van der Waals surface area contributed by atoms with Gasteiger partial charge in [-0.15, -0.1) is 11.3 Å². The van der Waals surface area contributed by atoms with Crippen molar-refractivity contribution in [1.82, 2.24) is 15.2 Å². The fraction of sp³-hybridized carbons (Fsp3) is 0.750. The van der Waals surface area contributed by atoms with E-state index in [2.05, 4.69) is 29.0 Å². The van der Waals surface area contributed by atoms with Crippen LogP contribution in [0.1, 0.15) is 59.9 Å². The number of nitrogens with zero attached hydrogens (tertiary/aromatic N) is 2. The van der Waals surface area contributed by atoms with Crippen molar-refractivity contribution in [3.63, 3.8) is 0 Å². The van der Waals surface area contributed by atoms with E-state index in [4.69, 9.17) is 0 Å². The van der Waals surface area contributed by atoms with Crippen LogP contribution >= 0.6 is 11.3 Å². The number of carbonyl (C=O) groups excluding carboxylic acids is 1. The number of aryl methyl sites for hydroxylation is 1. The average molecular weight is 309 g/mol. The van der Waals surface area contributed by atoms with E-state index in [9.17, 15) is 4.79 Å². The second-order valence-electron chi connectivity index (χ2n) is 6.30. The summed E-state index contributed by atoms with van der Waals surface area (Å²) in [5, 5.41) is 4.08. The summed E-state index contributed by atoms with van der Waals surface area (Å²) in [7, 11) is 0. The fourth-order valence-corrected chi connectivity index (χ4v) is 3.62. The number of hydrogen-bond acceptors (Lipinski definition) is 4. The molecule has 4 nitrogen and oxygen atoms in total. The molecule has 1 aromatic heterocycles. The van der Waals surface area contributed by atoms with E-state index >= 15 is 0 Å². The van der Waals surface area contributed by atoms with Gasteiger partial charge in [0.25, 0.3) is 5.91 Å². The van der Waals surface area contributed by atoms with Gasteiger partial charge >= 0.3 is 0 Å². The zero-order chi connectivity index (χ0) is 15.2. The summed E-state index contributed by atoms with van der Waals surface area (Å²) in [4.78, 5) is 20.0. The lowest BCUT2D eigenvalue weighted by Gasteiger charge is -2.25. The van der Waals surface area contributed by atoms with Gasteiger partial charge in [-0.3, -0.25) is 9.69 Å². The number of carbonyl (C=O) groups is 1. The molecule has 1 aliphatic heterocycles. The molecule has 1 aliphatic rings. The first kappa shape index (κ1) is 16.4. The van der Waals surface area contributed by atoms with Crippen LogP contribution in [0, 0.1) is 12.8 Å². The summed E-state index contributed by atoms with van der Waals surface area (Å²) >= 11 is 1.56. The van der Waals surface area contributed by atoms with Crippen molar-refractivity contribution in [2.75, 3.05) is 19.6 Å². The Balaban J connectivity index is 1.90. The van der Waals surface area contributed by atoms with Crippen molar-refractivity contribution in [3.05, 3.63) is 15.6 Å². The van der Waals surface area contributed by atoms with Crippen molar-refractivity contribution in [1.29, 1.82) is 0 Å². The second-order valence-corrected chi connectivity index (χ2v) is 7.38. The minimum atomic E-state index is 0.0375. The number of aromatic nitrogens is 1. The third-order valence-corrected chi connectivity index (χ3v) is 5.00. The zero-order valence-corrected chi connectivity index (χ0v) is 14.3. The number of piperidine rings is 1. The maximum Gasteiger partial charge on any atom is 0.263 e. The molecule has 0 bridgehead atoms. The van der Waals surface area contributed by atoms with Crippen molar-refractivity contribution in [3.8, 4) is 0 Å². The molecule has 0 atom stereocenters. The van der Waals surface area contributed by atoms with Crippen LogP contribution < -0.4 is 5.32 Å². The van der Waals surface area contributed by atoms with Gasteiger partial charge in [0, 0.05) is 6.54 Å². The Labute approximate surface area is 132 Å². The van der Waals surface area contributed by atoms with Crippen molar-refractivity contribution in [2.24, 2.45) is 5.92 Å². The quantitative estimate of drug-likeness (QED) is 0.877. The minimum absolute atomic E-state index is 0.0375. The summed E-state index contributed by atoms with van der Waals surface area (Å²) < 4.78 is 0. The van der Waals surface area contributed by atoms with Crippen molar-refractivity contribution < 1.29 is 4.79 Å². The second kappa shape index (κ2) is 7.90. The predicted octanol–water partition coefficient (Wildman–Crippen LogP) is 3.21. The molecule has 1 amide bonds. The highest BCUT2D eigenvalue weighted by atomic mass is 32.1. The summed E-state index contributed by atoms with van der Waals surface area (Å²) in [6, 6.07) is 0. The van der Waals surface area contributed by atoms with Crippen molar-refractivity contribution >= 4 is 17.2 Å².